The number of anilines is 2. The van der Waals surface area contributed by atoms with Crippen molar-refractivity contribution in [2.24, 2.45) is 0 Å². The van der Waals surface area contributed by atoms with Gasteiger partial charge in [-0.15, -0.1) is 11.8 Å². The molecular weight excluding hydrogens is 573 g/mol. The van der Waals surface area contributed by atoms with Crippen LogP contribution in [0.1, 0.15) is 42.5 Å². The van der Waals surface area contributed by atoms with Crippen molar-refractivity contribution >= 4 is 57.7 Å². The number of nitrogens with one attached hydrogen (secondary N) is 2. The van der Waals surface area contributed by atoms with E-state index in [0.29, 0.717) is 16.5 Å². The first-order chi connectivity index (χ1) is 20.2. The summed E-state index contributed by atoms with van der Waals surface area (Å²) in [6.45, 7) is 0. The van der Waals surface area contributed by atoms with Crippen LogP contribution in [0, 0.1) is 5.82 Å². The molecule has 42 heavy (non-hydrogen) atoms. The largest absolute Gasteiger partial charge is 0.362 e. The van der Waals surface area contributed by atoms with E-state index in [2.05, 4.69) is 10.6 Å². The Labute approximate surface area is 254 Å². The normalized spacial score (nSPS) is 17.4. The van der Waals surface area contributed by atoms with Crippen LogP contribution in [0.25, 0.3) is 10.9 Å². The van der Waals surface area contributed by atoms with Gasteiger partial charge < -0.3 is 15.5 Å². The molecular formula is C32H33ClFN5O2S. The molecule has 2 N–H and O–H groups in total. The molecule has 3 aromatic carbocycles. The van der Waals surface area contributed by atoms with E-state index in [9.17, 15) is 14.0 Å². The molecule has 1 fully saturated rings. The number of Topliss-reactive ketones (excluding diaryl/α,β-unsaturated/α-hetero) is 1. The van der Waals surface area contributed by atoms with Crippen LogP contribution in [-0.4, -0.2) is 53.1 Å². The number of ketones is 1. The van der Waals surface area contributed by atoms with Gasteiger partial charge in [0.05, 0.1) is 10.8 Å². The fraction of sp³-hybridized carbons (Fsp3) is 0.312. The molecule has 1 atom stereocenters. The van der Waals surface area contributed by atoms with Crippen molar-refractivity contribution in [3.05, 3.63) is 89.2 Å². The SMILES string of the molecule is CN(C)c1nc(N[C@H]2CC[C@@H](NC(=O)C(CC(=O)c3ccc(F)cc3)Sc3ccc(Cl)cc3)CC2)nc2ccccc12. The number of halogens is 2. The molecule has 5 rings (SSSR count). The van der Waals surface area contributed by atoms with Gasteiger partial charge in [-0.1, -0.05) is 23.7 Å². The Kier molecular flexibility index (Phi) is 9.59. The maximum absolute atomic E-state index is 13.5. The molecule has 1 saturated carbocycles. The average Bonchev–Trinajstić information content (AvgIpc) is 2.98. The van der Waals surface area contributed by atoms with E-state index < -0.39 is 11.1 Å². The molecule has 1 aromatic heterocycles. The summed E-state index contributed by atoms with van der Waals surface area (Å²) in [7, 11) is 3.94. The zero-order chi connectivity index (χ0) is 29.6. The van der Waals surface area contributed by atoms with Gasteiger partial charge in [0.2, 0.25) is 11.9 Å². The lowest BCUT2D eigenvalue weighted by molar-refractivity contribution is -0.121. The molecule has 1 amide bonds. The lowest BCUT2D eigenvalue weighted by Gasteiger charge is -2.31. The van der Waals surface area contributed by atoms with E-state index in [0.717, 1.165) is 47.3 Å². The van der Waals surface area contributed by atoms with Crippen LogP contribution >= 0.6 is 23.4 Å². The molecule has 0 spiro atoms. The summed E-state index contributed by atoms with van der Waals surface area (Å²) >= 11 is 7.37. The first-order valence-electron chi connectivity index (χ1n) is 14.0. The molecule has 0 radical (unpaired) electrons. The minimum absolute atomic E-state index is 0.000325. The number of benzene rings is 3. The molecule has 218 valence electrons. The second-order valence-corrected chi connectivity index (χ2v) is 12.4. The smallest absolute Gasteiger partial charge is 0.234 e. The lowest BCUT2D eigenvalue weighted by Crippen LogP contribution is -2.44. The van der Waals surface area contributed by atoms with Gasteiger partial charge in [-0.3, -0.25) is 9.59 Å². The number of aromatic nitrogens is 2. The van der Waals surface area contributed by atoms with Crippen LogP contribution in [-0.2, 0) is 4.79 Å². The highest BCUT2D eigenvalue weighted by atomic mass is 35.5. The highest BCUT2D eigenvalue weighted by molar-refractivity contribution is 8.00. The number of carbonyl (C=O) groups excluding carboxylic acids is 2. The molecule has 4 aromatic rings. The van der Waals surface area contributed by atoms with E-state index in [4.69, 9.17) is 21.6 Å². The number of para-hydroxylation sites is 1. The van der Waals surface area contributed by atoms with Gasteiger partial charge in [0.15, 0.2) is 5.78 Å². The van der Waals surface area contributed by atoms with Crippen LogP contribution < -0.4 is 15.5 Å². The minimum Gasteiger partial charge on any atom is -0.362 e. The topological polar surface area (TPSA) is 87.2 Å². The predicted molar refractivity (Wildman–Crippen MR) is 168 cm³/mol. The predicted octanol–water partition coefficient (Wildman–Crippen LogP) is 6.76. The summed E-state index contributed by atoms with van der Waals surface area (Å²) in [5, 5.41) is 7.64. The molecule has 0 bridgehead atoms. The molecule has 0 saturated heterocycles. The monoisotopic (exact) mass is 605 g/mol. The number of amides is 1. The van der Waals surface area contributed by atoms with Crippen molar-refractivity contribution in [1.82, 2.24) is 15.3 Å². The van der Waals surface area contributed by atoms with Crippen molar-refractivity contribution in [1.29, 1.82) is 0 Å². The summed E-state index contributed by atoms with van der Waals surface area (Å²) < 4.78 is 13.4. The number of hydrogen-bond donors (Lipinski definition) is 2. The quantitative estimate of drug-likeness (QED) is 0.152. The van der Waals surface area contributed by atoms with Gasteiger partial charge in [0.25, 0.3) is 0 Å². The van der Waals surface area contributed by atoms with Crippen LogP contribution in [0.3, 0.4) is 0 Å². The van der Waals surface area contributed by atoms with Crippen molar-refractivity contribution in [3.8, 4) is 0 Å². The molecule has 1 heterocycles. The van der Waals surface area contributed by atoms with E-state index >= 15 is 0 Å². The number of hydrogen-bond acceptors (Lipinski definition) is 7. The van der Waals surface area contributed by atoms with Crippen molar-refractivity contribution in [2.75, 3.05) is 24.3 Å². The molecule has 7 nitrogen and oxygen atoms in total. The van der Waals surface area contributed by atoms with E-state index in [-0.39, 0.29) is 30.2 Å². The number of thioether (sulfide) groups is 1. The van der Waals surface area contributed by atoms with Gasteiger partial charge in [-0.05, 0) is 86.3 Å². The van der Waals surface area contributed by atoms with Crippen molar-refractivity contribution < 1.29 is 14.0 Å². The fourth-order valence-corrected chi connectivity index (χ4v) is 6.27. The summed E-state index contributed by atoms with van der Waals surface area (Å²) in [5.74, 6) is 0.659. The van der Waals surface area contributed by atoms with Gasteiger partial charge in [0.1, 0.15) is 11.6 Å². The van der Waals surface area contributed by atoms with Crippen LogP contribution in [0.2, 0.25) is 5.02 Å². The Balaban J connectivity index is 1.21. The first kappa shape index (κ1) is 29.8. The number of fused-ring (bicyclic) bond motifs is 1. The highest BCUT2D eigenvalue weighted by Gasteiger charge is 2.29. The Morgan fingerprint density at radius 1 is 0.952 bits per heavy atom. The van der Waals surface area contributed by atoms with Gasteiger partial charge in [-0.2, -0.15) is 4.98 Å². The van der Waals surface area contributed by atoms with E-state index in [1.807, 2.05) is 55.4 Å². The molecule has 1 unspecified atom stereocenters. The zero-order valence-electron chi connectivity index (χ0n) is 23.5. The molecule has 10 heteroatoms. The standard InChI is InChI=1S/C32H33ClFN5O2S/c1-39(2)30-26-5-3-4-6-27(26)37-32(38-30)36-24-15-13-23(14-16-24)35-31(41)29(42-25-17-9-21(33)10-18-25)19-28(40)20-7-11-22(34)12-8-20/h3-12,17-18,23-24,29H,13-16,19H2,1-2H3,(H,35,41)(H,36,37,38)/t23-,24+,29?. The number of nitrogens with zero attached hydrogens (tertiary/aromatic N) is 3. The first-order valence-corrected chi connectivity index (χ1v) is 15.2. The maximum Gasteiger partial charge on any atom is 0.234 e. The van der Waals surface area contributed by atoms with Crippen molar-refractivity contribution in [2.45, 2.75) is 54.3 Å². The molecule has 1 aliphatic carbocycles. The van der Waals surface area contributed by atoms with E-state index in [1.165, 1.54) is 36.0 Å². The molecule has 0 aliphatic heterocycles. The Bertz CT molecular complexity index is 1540. The average molecular weight is 606 g/mol. The zero-order valence-corrected chi connectivity index (χ0v) is 25.1. The summed E-state index contributed by atoms with van der Waals surface area (Å²) in [6.07, 6.45) is 3.28. The molecule has 1 aliphatic rings. The van der Waals surface area contributed by atoms with Crippen LogP contribution in [0.5, 0.6) is 0 Å². The van der Waals surface area contributed by atoms with Crippen LogP contribution in [0.15, 0.2) is 77.7 Å². The van der Waals surface area contributed by atoms with Crippen LogP contribution in [0.4, 0.5) is 16.2 Å². The van der Waals surface area contributed by atoms with E-state index in [1.54, 1.807) is 12.1 Å². The van der Waals surface area contributed by atoms with Crippen molar-refractivity contribution in [3.63, 3.8) is 0 Å². The summed E-state index contributed by atoms with van der Waals surface area (Å²) in [4.78, 5) is 38.8. The third kappa shape index (κ3) is 7.57. The maximum atomic E-state index is 13.5. The summed E-state index contributed by atoms with van der Waals surface area (Å²) in [6, 6.07) is 20.8. The Morgan fingerprint density at radius 3 is 2.31 bits per heavy atom. The third-order valence-electron chi connectivity index (χ3n) is 7.33. The number of rotatable bonds is 10. The second-order valence-electron chi connectivity index (χ2n) is 10.7. The number of carbonyl (C=O) groups is 2. The van der Waals surface area contributed by atoms with Gasteiger partial charge in [-0.25, -0.2) is 9.37 Å². The summed E-state index contributed by atoms with van der Waals surface area (Å²) in [5.41, 5.74) is 1.27. The lowest BCUT2D eigenvalue weighted by atomic mass is 9.91. The fourth-order valence-electron chi connectivity index (χ4n) is 5.11. The Hall–Kier alpha value is -3.69. The van der Waals surface area contributed by atoms with Gasteiger partial charge >= 0.3 is 0 Å². The Morgan fingerprint density at radius 2 is 1.62 bits per heavy atom. The highest BCUT2D eigenvalue weighted by Crippen LogP contribution is 2.30. The second kappa shape index (κ2) is 13.5. The minimum atomic E-state index is -0.643. The van der Waals surface area contributed by atoms with Gasteiger partial charge in [0, 0.05) is 53.5 Å². The third-order valence-corrected chi connectivity index (χ3v) is 8.80.